The molecule has 0 radical (unpaired) electrons. The Hall–Kier alpha value is -2.19. The van der Waals surface area contributed by atoms with E-state index in [1.807, 2.05) is 11.5 Å². The zero-order valence-corrected chi connectivity index (χ0v) is 18.3. The largest absolute Gasteiger partial charge is 0.416 e. The van der Waals surface area contributed by atoms with E-state index in [0.29, 0.717) is 29.0 Å². The third-order valence-electron chi connectivity index (χ3n) is 5.10. The van der Waals surface area contributed by atoms with Crippen LogP contribution in [0.25, 0.3) is 11.1 Å². The van der Waals surface area contributed by atoms with Gasteiger partial charge in [-0.05, 0) is 43.9 Å². The maximum atomic E-state index is 13.1. The smallest absolute Gasteiger partial charge is 0.333 e. The minimum absolute atomic E-state index is 0.195. The second-order valence-corrected chi connectivity index (χ2v) is 8.72. The fraction of sp³-hybridized carbons (Fsp3) is 0.381. The highest BCUT2D eigenvalue weighted by atomic mass is 35.5. The molecule has 0 N–H and O–H groups in total. The van der Waals surface area contributed by atoms with Gasteiger partial charge in [0, 0.05) is 29.7 Å². The summed E-state index contributed by atoms with van der Waals surface area (Å²) in [6, 6.07) is 4.81. The summed E-state index contributed by atoms with van der Waals surface area (Å²) in [4.78, 5) is 22.1. The van der Waals surface area contributed by atoms with E-state index in [4.69, 9.17) is 11.6 Å². The zero-order valence-electron chi connectivity index (χ0n) is 16.8. The molecule has 0 aliphatic heterocycles. The summed E-state index contributed by atoms with van der Waals surface area (Å²) in [7, 11) is 0. The third kappa shape index (κ3) is 4.75. The quantitative estimate of drug-likeness (QED) is 0.451. The molecule has 1 atom stereocenters. The van der Waals surface area contributed by atoms with E-state index in [-0.39, 0.29) is 17.0 Å². The Morgan fingerprint density at radius 2 is 2.03 bits per heavy atom. The van der Waals surface area contributed by atoms with Crippen molar-refractivity contribution in [1.29, 1.82) is 0 Å². The number of aromatic nitrogens is 3. The highest BCUT2D eigenvalue weighted by Crippen LogP contribution is 2.32. The fourth-order valence-corrected chi connectivity index (χ4v) is 4.53. The van der Waals surface area contributed by atoms with Crippen molar-refractivity contribution in [1.82, 2.24) is 14.5 Å². The van der Waals surface area contributed by atoms with Crippen LogP contribution in [0, 0.1) is 6.92 Å². The van der Waals surface area contributed by atoms with Crippen LogP contribution in [-0.2, 0) is 19.1 Å². The first-order valence-electron chi connectivity index (χ1n) is 9.51. The Balaban J connectivity index is 1.95. The van der Waals surface area contributed by atoms with Crippen LogP contribution in [0.5, 0.6) is 0 Å². The van der Waals surface area contributed by atoms with Crippen molar-refractivity contribution < 1.29 is 13.2 Å². The molecule has 2 aromatic heterocycles. The van der Waals surface area contributed by atoms with Gasteiger partial charge < -0.3 is 4.57 Å². The normalized spacial score (nSPS) is 12.9. The Kier molecular flexibility index (Phi) is 6.67. The highest BCUT2D eigenvalue weighted by Gasteiger charge is 2.31. The maximum absolute atomic E-state index is 13.1. The van der Waals surface area contributed by atoms with E-state index >= 15 is 0 Å². The lowest BCUT2D eigenvalue weighted by molar-refractivity contribution is -0.137. The van der Waals surface area contributed by atoms with Gasteiger partial charge in [-0.3, -0.25) is 4.79 Å². The van der Waals surface area contributed by atoms with Crippen molar-refractivity contribution in [2.24, 2.45) is 0 Å². The predicted molar refractivity (Wildman–Crippen MR) is 113 cm³/mol. The van der Waals surface area contributed by atoms with Crippen molar-refractivity contribution in [3.8, 4) is 11.1 Å². The SMILES string of the molecule is CCn1c(CCC(C)c2cnc(Cl)s2)nc(=O)c(-c2cccc(C(F)(F)F)c2)c1C. The van der Waals surface area contributed by atoms with Gasteiger partial charge in [-0.25, -0.2) is 4.98 Å². The van der Waals surface area contributed by atoms with Crippen molar-refractivity contribution in [2.75, 3.05) is 0 Å². The Bertz CT molecular complexity index is 1110. The number of benzene rings is 1. The molecular weight excluding hydrogens is 435 g/mol. The number of hydrogen-bond acceptors (Lipinski definition) is 4. The van der Waals surface area contributed by atoms with Crippen LogP contribution in [0.3, 0.4) is 0 Å². The molecule has 2 heterocycles. The second kappa shape index (κ2) is 8.89. The Labute approximate surface area is 181 Å². The van der Waals surface area contributed by atoms with Crippen molar-refractivity contribution >= 4 is 22.9 Å². The summed E-state index contributed by atoms with van der Waals surface area (Å²) in [5.41, 5.74) is -0.265. The highest BCUT2D eigenvalue weighted by molar-refractivity contribution is 7.15. The monoisotopic (exact) mass is 455 g/mol. The van der Waals surface area contributed by atoms with E-state index in [2.05, 4.69) is 16.9 Å². The molecule has 3 aromatic rings. The van der Waals surface area contributed by atoms with Crippen molar-refractivity contribution in [2.45, 2.75) is 52.3 Å². The molecule has 160 valence electrons. The van der Waals surface area contributed by atoms with E-state index < -0.39 is 17.3 Å². The van der Waals surface area contributed by atoms with Crippen LogP contribution < -0.4 is 5.56 Å². The van der Waals surface area contributed by atoms with Gasteiger partial charge >= 0.3 is 6.18 Å². The number of thiazole rings is 1. The molecule has 1 unspecified atom stereocenters. The van der Waals surface area contributed by atoms with E-state index in [0.717, 1.165) is 23.4 Å². The molecule has 0 bridgehead atoms. The lowest BCUT2D eigenvalue weighted by atomic mass is 10.0. The number of halogens is 4. The molecule has 0 aliphatic carbocycles. The summed E-state index contributed by atoms with van der Waals surface area (Å²) in [6.45, 7) is 6.28. The molecule has 0 aliphatic rings. The van der Waals surface area contributed by atoms with Gasteiger partial charge in [0.05, 0.1) is 11.1 Å². The average molecular weight is 456 g/mol. The molecule has 0 spiro atoms. The van der Waals surface area contributed by atoms with Crippen LogP contribution in [0.1, 0.15) is 48.1 Å². The van der Waals surface area contributed by atoms with Crippen molar-refractivity contribution in [3.05, 3.63) is 67.2 Å². The van der Waals surface area contributed by atoms with Crippen LogP contribution in [0.4, 0.5) is 13.2 Å². The lowest BCUT2D eigenvalue weighted by Gasteiger charge is -2.18. The Morgan fingerprint density at radius 1 is 1.30 bits per heavy atom. The Morgan fingerprint density at radius 3 is 2.63 bits per heavy atom. The second-order valence-electron chi connectivity index (χ2n) is 7.07. The summed E-state index contributed by atoms with van der Waals surface area (Å²) in [5, 5.41) is 0. The molecule has 0 fully saturated rings. The molecule has 3 rings (SSSR count). The summed E-state index contributed by atoms with van der Waals surface area (Å²) in [6.07, 6.45) is -1.42. The first-order valence-corrected chi connectivity index (χ1v) is 10.7. The lowest BCUT2D eigenvalue weighted by Crippen LogP contribution is -2.23. The number of alkyl halides is 3. The fourth-order valence-electron chi connectivity index (χ4n) is 3.49. The van der Waals surface area contributed by atoms with Crippen LogP contribution >= 0.6 is 22.9 Å². The summed E-state index contributed by atoms with van der Waals surface area (Å²) >= 11 is 7.33. The summed E-state index contributed by atoms with van der Waals surface area (Å²) < 4.78 is 41.7. The van der Waals surface area contributed by atoms with Crippen LogP contribution in [0.2, 0.25) is 4.47 Å². The number of hydrogen-bond donors (Lipinski definition) is 0. The molecule has 9 heteroatoms. The van der Waals surface area contributed by atoms with Crippen LogP contribution in [0.15, 0.2) is 35.3 Å². The van der Waals surface area contributed by atoms with Gasteiger partial charge in [0.15, 0.2) is 4.47 Å². The van der Waals surface area contributed by atoms with Crippen LogP contribution in [-0.4, -0.2) is 14.5 Å². The van der Waals surface area contributed by atoms with Gasteiger partial charge in [0.25, 0.3) is 5.56 Å². The minimum Gasteiger partial charge on any atom is -0.333 e. The van der Waals surface area contributed by atoms with Gasteiger partial charge in [-0.1, -0.05) is 30.7 Å². The maximum Gasteiger partial charge on any atom is 0.416 e. The molecule has 0 amide bonds. The number of rotatable bonds is 6. The number of nitrogens with zero attached hydrogens (tertiary/aromatic N) is 3. The van der Waals surface area contributed by atoms with E-state index in [1.165, 1.54) is 23.5 Å². The zero-order chi connectivity index (χ0) is 22.1. The van der Waals surface area contributed by atoms with E-state index in [1.54, 1.807) is 13.1 Å². The first kappa shape index (κ1) is 22.5. The first-order chi connectivity index (χ1) is 14.1. The number of aryl methyl sites for hydroxylation is 1. The summed E-state index contributed by atoms with van der Waals surface area (Å²) in [5.74, 6) is 0.818. The topological polar surface area (TPSA) is 47.8 Å². The average Bonchev–Trinajstić information content (AvgIpc) is 3.12. The third-order valence-corrected chi connectivity index (χ3v) is 6.45. The minimum atomic E-state index is -4.48. The van der Waals surface area contributed by atoms with Crippen molar-refractivity contribution in [3.63, 3.8) is 0 Å². The van der Waals surface area contributed by atoms with Gasteiger partial charge in [-0.2, -0.15) is 18.2 Å². The molecular formula is C21H21ClF3N3OS. The van der Waals surface area contributed by atoms with E-state index in [9.17, 15) is 18.0 Å². The molecule has 0 saturated heterocycles. The molecule has 0 saturated carbocycles. The standard InChI is InChI=1S/C21H21ClF3N3OS/c1-4-28-13(3)18(14-6-5-7-15(10-14)21(23,24)25)19(29)27-17(28)9-8-12(2)16-11-26-20(22)30-16/h5-7,10-12H,4,8-9H2,1-3H3. The van der Waals surface area contributed by atoms with Gasteiger partial charge in [0.1, 0.15) is 5.82 Å². The molecule has 1 aromatic carbocycles. The van der Waals surface area contributed by atoms with Gasteiger partial charge in [0.2, 0.25) is 0 Å². The molecule has 4 nitrogen and oxygen atoms in total. The molecule has 30 heavy (non-hydrogen) atoms. The predicted octanol–water partition coefficient (Wildman–Crippen LogP) is 6.10. The van der Waals surface area contributed by atoms with Gasteiger partial charge in [-0.15, -0.1) is 11.3 Å².